The van der Waals surface area contributed by atoms with Gasteiger partial charge in [0.25, 0.3) is 5.69 Å². The van der Waals surface area contributed by atoms with E-state index in [1.165, 1.54) is 49.2 Å². The normalized spacial score (nSPS) is 10.2. The lowest BCUT2D eigenvalue weighted by Gasteiger charge is -2.10. The molecule has 1 N–H and O–H groups in total. The molecule has 2 aromatic carbocycles. The van der Waals surface area contributed by atoms with E-state index in [1.54, 1.807) is 12.1 Å². The van der Waals surface area contributed by atoms with Crippen molar-refractivity contribution >= 4 is 29.0 Å². The van der Waals surface area contributed by atoms with Gasteiger partial charge < -0.3 is 10.1 Å². The zero-order valence-electron chi connectivity index (χ0n) is 12.8. The lowest BCUT2D eigenvalue weighted by Crippen LogP contribution is -2.15. The summed E-state index contributed by atoms with van der Waals surface area (Å²) in [6, 6.07) is 10.0. The molecule has 0 heterocycles. The minimum absolute atomic E-state index is 0.134. The maximum Gasteiger partial charge on any atom is 0.271 e. The highest BCUT2D eigenvalue weighted by Gasteiger charge is 2.13. The van der Waals surface area contributed by atoms with Gasteiger partial charge in [0.05, 0.1) is 23.5 Å². The molecule has 0 spiro atoms. The van der Waals surface area contributed by atoms with Crippen LogP contribution in [0.2, 0.25) is 0 Å². The van der Waals surface area contributed by atoms with Crippen molar-refractivity contribution in [3.05, 3.63) is 64.0 Å². The summed E-state index contributed by atoms with van der Waals surface area (Å²) >= 11 is 1.35. The van der Waals surface area contributed by atoms with Gasteiger partial charge in [0.2, 0.25) is 5.91 Å². The van der Waals surface area contributed by atoms with Gasteiger partial charge >= 0.3 is 0 Å². The number of benzene rings is 2. The number of nitro benzene ring substituents is 1. The average molecular weight is 350 g/mol. The molecule has 0 aliphatic carbocycles. The maximum atomic E-state index is 12.8. The van der Waals surface area contributed by atoms with Crippen molar-refractivity contribution in [3.8, 4) is 5.75 Å². The molecule has 8 heteroatoms. The van der Waals surface area contributed by atoms with Gasteiger partial charge in [-0.1, -0.05) is 12.1 Å². The van der Waals surface area contributed by atoms with Crippen LogP contribution in [0.1, 0.15) is 5.56 Å². The molecule has 126 valence electrons. The molecule has 0 radical (unpaired) electrons. The Balaban J connectivity index is 1.93. The van der Waals surface area contributed by atoms with Gasteiger partial charge in [-0.2, -0.15) is 0 Å². The number of ether oxygens (including phenoxy) is 1. The average Bonchev–Trinajstić information content (AvgIpc) is 2.56. The molecule has 0 aliphatic heterocycles. The molecule has 6 nitrogen and oxygen atoms in total. The van der Waals surface area contributed by atoms with Gasteiger partial charge in [-0.3, -0.25) is 14.9 Å². The Morgan fingerprint density at radius 2 is 2.00 bits per heavy atom. The standard InChI is InChI=1S/C16H15FN2O4S/c1-23-15-7-6-13(19(21)22)8-14(15)18-16(20)10-24-9-11-2-4-12(17)5-3-11/h2-8H,9-10H2,1H3,(H,18,20). The van der Waals surface area contributed by atoms with E-state index in [4.69, 9.17) is 4.74 Å². The fourth-order valence-corrected chi connectivity index (χ4v) is 2.72. The van der Waals surface area contributed by atoms with E-state index in [9.17, 15) is 19.3 Å². The minimum atomic E-state index is -0.543. The van der Waals surface area contributed by atoms with Crippen LogP contribution in [-0.2, 0) is 10.5 Å². The fraction of sp³-hybridized carbons (Fsp3) is 0.188. The van der Waals surface area contributed by atoms with Crippen LogP contribution >= 0.6 is 11.8 Å². The summed E-state index contributed by atoms with van der Waals surface area (Å²) in [5.74, 6) is 0.445. The molecule has 2 rings (SSSR count). The van der Waals surface area contributed by atoms with Crippen molar-refractivity contribution in [2.45, 2.75) is 5.75 Å². The second-order valence-corrected chi connectivity index (χ2v) is 5.79. The summed E-state index contributed by atoms with van der Waals surface area (Å²) in [5.41, 5.74) is 1.02. The van der Waals surface area contributed by atoms with E-state index in [-0.39, 0.29) is 28.9 Å². The molecule has 0 unspecified atom stereocenters. The first-order chi connectivity index (χ1) is 11.5. The largest absolute Gasteiger partial charge is 0.495 e. The van der Waals surface area contributed by atoms with Gasteiger partial charge in [-0.05, 0) is 23.8 Å². The van der Waals surface area contributed by atoms with Crippen molar-refractivity contribution in [1.29, 1.82) is 0 Å². The summed E-state index contributed by atoms with van der Waals surface area (Å²) < 4.78 is 17.9. The van der Waals surface area contributed by atoms with Gasteiger partial charge in [0, 0.05) is 17.9 Å². The third-order valence-corrected chi connectivity index (χ3v) is 4.09. The Morgan fingerprint density at radius 1 is 1.29 bits per heavy atom. The number of hydrogen-bond acceptors (Lipinski definition) is 5. The molecule has 0 saturated carbocycles. The molecule has 2 aromatic rings. The zero-order valence-corrected chi connectivity index (χ0v) is 13.6. The summed E-state index contributed by atoms with van der Waals surface area (Å²) in [7, 11) is 1.42. The van der Waals surface area contributed by atoms with E-state index in [0.717, 1.165) is 5.56 Å². The van der Waals surface area contributed by atoms with Gasteiger partial charge in [0.1, 0.15) is 11.6 Å². The molecule has 0 aliphatic rings. The number of nitro groups is 1. The number of non-ortho nitro benzene ring substituents is 1. The molecule has 0 aromatic heterocycles. The molecule has 0 saturated heterocycles. The van der Waals surface area contributed by atoms with E-state index >= 15 is 0 Å². The van der Waals surface area contributed by atoms with Gasteiger partial charge in [-0.15, -0.1) is 11.8 Å². The zero-order chi connectivity index (χ0) is 17.5. The number of nitrogens with one attached hydrogen (secondary N) is 1. The predicted molar refractivity (Wildman–Crippen MR) is 90.8 cm³/mol. The number of anilines is 1. The van der Waals surface area contributed by atoms with Crippen LogP contribution in [0.4, 0.5) is 15.8 Å². The van der Waals surface area contributed by atoms with E-state index < -0.39 is 4.92 Å². The minimum Gasteiger partial charge on any atom is -0.495 e. The first-order valence-electron chi connectivity index (χ1n) is 6.94. The lowest BCUT2D eigenvalue weighted by molar-refractivity contribution is -0.384. The quantitative estimate of drug-likeness (QED) is 0.609. The van der Waals surface area contributed by atoms with Gasteiger partial charge in [0.15, 0.2) is 0 Å². The molecule has 0 atom stereocenters. The molecular weight excluding hydrogens is 335 g/mol. The Morgan fingerprint density at radius 3 is 2.62 bits per heavy atom. The molecule has 0 fully saturated rings. The number of methoxy groups -OCH3 is 1. The number of rotatable bonds is 7. The number of carbonyl (C=O) groups excluding carboxylic acids is 1. The Labute approximate surface area is 142 Å². The van der Waals surface area contributed by atoms with Crippen LogP contribution < -0.4 is 10.1 Å². The Kier molecular flexibility index (Phi) is 6.14. The SMILES string of the molecule is COc1ccc([N+](=O)[O-])cc1NC(=O)CSCc1ccc(F)cc1. The van der Waals surface area contributed by atoms with Crippen LogP contribution in [0.3, 0.4) is 0 Å². The van der Waals surface area contributed by atoms with Crippen LogP contribution in [-0.4, -0.2) is 23.7 Å². The van der Waals surface area contributed by atoms with E-state index in [0.29, 0.717) is 11.5 Å². The van der Waals surface area contributed by atoms with Crippen LogP contribution in [0.5, 0.6) is 5.75 Å². The molecule has 1 amide bonds. The summed E-state index contributed by atoms with van der Waals surface area (Å²) in [5, 5.41) is 13.4. The van der Waals surface area contributed by atoms with Crippen LogP contribution in [0.25, 0.3) is 0 Å². The van der Waals surface area contributed by atoms with Crippen LogP contribution in [0, 0.1) is 15.9 Å². The summed E-state index contributed by atoms with van der Waals surface area (Å²) in [6.07, 6.45) is 0. The topological polar surface area (TPSA) is 81.5 Å². The number of hydrogen-bond donors (Lipinski definition) is 1. The van der Waals surface area contributed by atoms with E-state index in [2.05, 4.69) is 5.32 Å². The number of halogens is 1. The van der Waals surface area contributed by atoms with Crippen molar-refractivity contribution in [3.63, 3.8) is 0 Å². The summed E-state index contributed by atoms with van der Waals surface area (Å²) in [6.45, 7) is 0. The van der Waals surface area contributed by atoms with Crippen molar-refractivity contribution in [1.82, 2.24) is 0 Å². The maximum absolute atomic E-state index is 12.8. The smallest absolute Gasteiger partial charge is 0.271 e. The predicted octanol–water partition coefficient (Wildman–Crippen LogP) is 3.61. The first kappa shape index (κ1) is 17.7. The number of thioether (sulfide) groups is 1. The van der Waals surface area contributed by atoms with Gasteiger partial charge in [-0.25, -0.2) is 4.39 Å². The summed E-state index contributed by atoms with van der Waals surface area (Å²) in [4.78, 5) is 22.3. The second-order valence-electron chi connectivity index (χ2n) is 4.81. The van der Waals surface area contributed by atoms with E-state index in [1.807, 2.05) is 0 Å². The highest BCUT2D eigenvalue weighted by Crippen LogP contribution is 2.29. The third-order valence-electron chi connectivity index (χ3n) is 3.08. The molecular formula is C16H15FN2O4S. The third kappa shape index (κ3) is 4.95. The second kappa shape index (κ2) is 8.30. The molecule has 0 bridgehead atoms. The monoisotopic (exact) mass is 350 g/mol. The van der Waals surface area contributed by atoms with Crippen molar-refractivity contribution in [2.75, 3.05) is 18.2 Å². The fourth-order valence-electron chi connectivity index (χ4n) is 1.94. The van der Waals surface area contributed by atoms with Crippen molar-refractivity contribution < 1.29 is 18.8 Å². The Bertz CT molecular complexity index is 737. The number of amides is 1. The van der Waals surface area contributed by atoms with Crippen LogP contribution in [0.15, 0.2) is 42.5 Å². The number of nitrogens with zero attached hydrogens (tertiary/aromatic N) is 1. The highest BCUT2D eigenvalue weighted by atomic mass is 32.2. The highest BCUT2D eigenvalue weighted by molar-refractivity contribution is 7.99. The first-order valence-corrected chi connectivity index (χ1v) is 8.09. The molecule has 24 heavy (non-hydrogen) atoms. The van der Waals surface area contributed by atoms with Crippen molar-refractivity contribution in [2.24, 2.45) is 0 Å². The number of carbonyl (C=O) groups is 1. The lowest BCUT2D eigenvalue weighted by atomic mass is 10.2. The Hall–Kier alpha value is -2.61.